The van der Waals surface area contributed by atoms with Crippen molar-refractivity contribution in [1.82, 2.24) is 10.2 Å². The summed E-state index contributed by atoms with van der Waals surface area (Å²) in [6.07, 6.45) is 2.65. The zero-order valence-electron chi connectivity index (χ0n) is 12.5. The van der Waals surface area contributed by atoms with Gasteiger partial charge < -0.3 is 9.73 Å². The largest absolute Gasteiger partial charge is 0.465 e. The van der Waals surface area contributed by atoms with Crippen LogP contribution in [-0.4, -0.2) is 24.0 Å². The monoisotopic (exact) mass is 262 g/mol. The first-order valence-electron chi connectivity index (χ1n) is 7.26. The molecule has 0 unspecified atom stereocenters. The maximum Gasteiger partial charge on any atom is 0.118 e. The quantitative estimate of drug-likeness (QED) is 0.729. The predicted octanol–water partition coefficient (Wildman–Crippen LogP) is 3.24. The molecule has 0 spiro atoms. The second-order valence-electron chi connectivity index (χ2n) is 5.71. The van der Waals surface area contributed by atoms with Crippen LogP contribution < -0.4 is 5.32 Å². The molecule has 1 saturated carbocycles. The van der Waals surface area contributed by atoms with E-state index < -0.39 is 0 Å². The molecule has 1 N–H and O–H groups in total. The molecule has 3 heteroatoms. The predicted molar refractivity (Wildman–Crippen MR) is 79.1 cm³/mol. The topological polar surface area (TPSA) is 28.4 Å². The molecule has 1 aromatic rings. The number of nitrogens with zero attached hydrogens (tertiary/aromatic N) is 1. The van der Waals surface area contributed by atoms with Crippen LogP contribution in [0.15, 0.2) is 22.6 Å². The molecule has 0 radical (unpaired) electrons. The van der Waals surface area contributed by atoms with Gasteiger partial charge in [-0.1, -0.05) is 19.1 Å². The van der Waals surface area contributed by atoms with Gasteiger partial charge in [0.2, 0.25) is 0 Å². The van der Waals surface area contributed by atoms with Crippen molar-refractivity contribution < 1.29 is 4.42 Å². The minimum Gasteiger partial charge on any atom is -0.465 e. The van der Waals surface area contributed by atoms with Crippen LogP contribution in [0.5, 0.6) is 0 Å². The van der Waals surface area contributed by atoms with Crippen LogP contribution in [0.25, 0.3) is 0 Å². The molecular weight excluding hydrogens is 236 g/mol. The van der Waals surface area contributed by atoms with Crippen molar-refractivity contribution in [3.63, 3.8) is 0 Å². The highest BCUT2D eigenvalue weighted by atomic mass is 16.3. The molecule has 1 heterocycles. The Balaban J connectivity index is 1.91. The van der Waals surface area contributed by atoms with Gasteiger partial charge >= 0.3 is 0 Å². The molecule has 1 aliphatic rings. The number of likely N-dealkylation sites (N-methyl/N-ethyl adjacent to an activating group) is 1. The van der Waals surface area contributed by atoms with Gasteiger partial charge in [0.1, 0.15) is 11.5 Å². The molecule has 1 fully saturated rings. The first-order valence-corrected chi connectivity index (χ1v) is 7.26. The fourth-order valence-electron chi connectivity index (χ4n) is 2.26. The van der Waals surface area contributed by atoms with Crippen molar-refractivity contribution in [3.05, 3.63) is 35.3 Å². The zero-order chi connectivity index (χ0) is 13.8. The Kier molecular flexibility index (Phi) is 4.83. The van der Waals surface area contributed by atoms with Gasteiger partial charge in [-0.15, -0.1) is 0 Å². The van der Waals surface area contributed by atoms with Crippen LogP contribution in [0.2, 0.25) is 0 Å². The minimum atomic E-state index is 0.744. The van der Waals surface area contributed by atoms with Gasteiger partial charge in [-0.25, -0.2) is 0 Å². The molecule has 0 saturated heterocycles. The average molecular weight is 262 g/mol. The van der Waals surface area contributed by atoms with E-state index in [-0.39, 0.29) is 0 Å². The van der Waals surface area contributed by atoms with Gasteiger partial charge in [0.05, 0.1) is 6.54 Å². The summed E-state index contributed by atoms with van der Waals surface area (Å²) in [6.45, 7) is 14.0. The van der Waals surface area contributed by atoms with E-state index in [0.717, 1.165) is 43.7 Å². The highest BCUT2D eigenvalue weighted by Crippen LogP contribution is 2.21. The Bertz CT molecular complexity index is 432. The molecule has 0 bridgehead atoms. The number of hydrogen-bond acceptors (Lipinski definition) is 3. The third-order valence-corrected chi connectivity index (χ3v) is 3.55. The number of aryl methyl sites for hydroxylation is 1. The number of furan rings is 1. The van der Waals surface area contributed by atoms with E-state index in [1.165, 1.54) is 24.0 Å². The van der Waals surface area contributed by atoms with Crippen molar-refractivity contribution in [2.45, 2.75) is 52.7 Å². The lowest BCUT2D eigenvalue weighted by atomic mass is 10.2. The van der Waals surface area contributed by atoms with Gasteiger partial charge in [-0.05, 0) is 39.3 Å². The van der Waals surface area contributed by atoms with E-state index in [2.05, 4.69) is 43.6 Å². The van der Waals surface area contributed by atoms with Crippen molar-refractivity contribution >= 4 is 0 Å². The SMILES string of the molecule is C=C(C)CN(CC)Cc1cc(CNC2CC2)c(C)o1. The van der Waals surface area contributed by atoms with E-state index in [4.69, 9.17) is 4.42 Å². The standard InChI is InChI=1S/C16H26N2O/c1-5-18(10-12(2)3)11-16-8-14(13(4)19-16)9-17-15-6-7-15/h8,15,17H,2,5-7,9-11H2,1,3-4H3. The van der Waals surface area contributed by atoms with Crippen molar-refractivity contribution in [1.29, 1.82) is 0 Å². The number of rotatable bonds is 8. The van der Waals surface area contributed by atoms with Gasteiger partial charge in [0, 0.05) is 24.7 Å². The molecular formula is C16H26N2O. The fourth-order valence-corrected chi connectivity index (χ4v) is 2.26. The van der Waals surface area contributed by atoms with E-state index in [0.29, 0.717) is 0 Å². The molecule has 19 heavy (non-hydrogen) atoms. The Morgan fingerprint density at radius 1 is 1.53 bits per heavy atom. The van der Waals surface area contributed by atoms with Crippen LogP contribution in [-0.2, 0) is 13.1 Å². The summed E-state index contributed by atoms with van der Waals surface area (Å²) in [4.78, 5) is 2.35. The Morgan fingerprint density at radius 3 is 2.84 bits per heavy atom. The van der Waals surface area contributed by atoms with Crippen LogP contribution in [0.4, 0.5) is 0 Å². The normalized spacial score (nSPS) is 15.2. The van der Waals surface area contributed by atoms with E-state index in [1.807, 2.05) is 0 Å². The summed E-state index contributed by atoms with van der Waals surface area (Å²) in [7, 11) is 0. The summed E-state index contributed by atoms with van der Waals surface area (Å²) in [6, 6.07) is 2.94. The highest BCUT2D eigenvalue weighted by molar-refractivity contribution is 5.21. The third kappa shape index (κ3) is 4.51. The summed E-state index contributed by atoms with van der Waals surface area (Å²) in [5.74, 6) is 2.11. The number of nitrogens with one attached hydrogen (secondary N) is 1. The third-order valence-electron chi connectivity index (χ3n) is 3.55. The average Bonchev–Trinajstić information content (AvgIpc) is 3.10. The maximum atomic E-state index is 5.87. The van der Waals surface area contributed by atoms with Crippen LogP contribution in [0, 0.1) is 6.92 Å². The number of hydrogen-bond donors (Lipinski definition) is 1. The van der Waals surface area contributed by atoms with E-state index in [9.17, 15) is 0 Å². The molecule has 0 atom stereocenters. The second kappa shape index (κ2) is 6.40. The van der Waals surface area contributed by atoms with Gasteiger partial charge in [-0.2, -0.15) is 0 Å². The Labute approximate surface area is 116 Å². The summed E-state index contributed by atoms with van der Waals surface area (Å²) >= 11 is 0. The van der Waals surface area contributed by atoms with Crippen LogP contribution >= 0.6 is 0 Å². The Morgan fingerprint density at radius 2 is 2.26 bits per heavy atom. The van der Waals surface area contributed by atoms with E-state index in [1.54, 1.807) is 0 Å². The molecule has 0 aliphatic heterocycles. The lowest BCUT2D eigenvalue weighted by Crippen LogP contribution is -2.24. The summed E-state index contributed by atoms with van der Waals surface area (Å²) in [5, 5.41) is 3.54. The zero-order valence-corrected chi connectivity index (χ0v) is 12.5. The fraction of sp³-hybridized carbons (Fsp3) is 0.625. The van der Waals surface area contributed by atoms with Crippen LogP contribution in [0.1, 0.15) is 43.8 Å². The second-order valence-corrected chi connectivity index (χ2v) is 5.71. The van der Waals surface area contributed by atoms with Crippen LogP contribution in [0.3, 0.4) is 0 Å². The van der Waals surface area contributed by atoms with Crippen molar-refractivity contribution in [3.8, 4) is 0 Å². The molecule has 106 valence electrons. The molecule has 1 aromatic heterocycles. The molecule has 1 aliphatic carbocycles. The molecule has 2 rings (SSSR count). The van der Waals surface area contributed by atoms with Gasteiger partial charge in [0.25, 0.3) is 0 Å². The first-order chi connectivity index (χ1) is 9.08. The Hall–Kier alpha value is -1.06. The van der Waals surface area contributed by atoms with Gasteiger partial charge in [0.15, 0.2) is 0 Å². The molecule has 3 nitrogen and oxygen atoms in total. The summed E-state index contributed by atoms with van der Waals surface area (Å²) in [5.41, 5.74) is 2.49. The van der Waals surface area contributed by atoms with Gasteiger partial charge in [-0.3, -0.25) is 4.90 Å². The van der Waals surface area contributed by atoms with E-state index >= 15 is 0 Å². The summed E-state index contributed by atoms with van der Waals surface area (Å²) < 4.78 is 5.87. The minimum absolute atomic E-state index is 0.744. The molecule has 0 amide bonds. The lowest BCUT2D eigenvalue weighted by Gasteiger charge is -2.18. The van der Waals surface area contributed by atoms with Crippen molar-refractivity contribution in [2.75, 3.05) is 13.1 Å². The first kappa shape index (κ1) is 14.4. The van der Waals surface area contributed by atoms with Crippen molar-refractivity contribution in [2.24, 2.45) is 0 Å². The lowest BCUT2D eigenvalue weighted by molar-refractivity contribution is 0.274. The smallest absolute Gasteiger partial charge is 0.118 e. The molecule has 0 aromatic carbocycles. The highest BCUT2D eigenvalue weighted by Gasteiger charge is 2.21. The maximum absolute atomic E-state index is 5.87.